The van der Waals surface area contributed by atoms with E-state index >= 15 is 0 Å². The highest BCUT2D eigenvalue weighted by Gasteiger charge is 2.09. The summed E-state index contributed by atoms with van der Waals surface area (Å²) in [7, 11) is 1.65. The standard InChI is InChI=1S/C15H18N2O2/c1-4-17-13(7-6-12(16)15(17)18)11-5-8-14(19-3)10(2)9-11/h5-9H,4,16H2,1-3H3. The van der Waals surface area contributed by atoms with Gasteiger partial charge in [0.2, 0.25) is 0 Å². The highest BCUT2D eigenvalue weighted by atomic mass is 16.5. The predicted octanol–water partition coefficient (Wildman–Crippen LogP) is 2.43. The first kappa shape index (κ1) is 13.2. The van der Waals surface area contributed by atoms with Crippen LogP contribution >= 0.6 is 0 Å². The number of benzene rings is 1. The van der Waals surface area contributed by atoms with Gasteiger partial charge < -0.3 is 15.0 Å². The summed E-state index contributed by atoms with van der Waals surface area (Å²) in [6.07, 6.45) is 0. The van der Waals surface area contributed by atoms with Gasteiger partial charge in [0.1, 0.15) is 5.75 Å². The van der Waals surface area contributed by atoms with E-state index in [1.54, 1.807) is 17.7 Å². The van der Waals surface area contributed by atoms with Crippen molar-refractivity contribution in [3.05, 3.63) is 46.2 Å². The number of pyridine rings is 1. The van der Waals surface area contributed by atoms with Crippen molar-refractivity contribution in [3.8, 4) is 17.0 Å². The van der Waals surface area contributed by atoms with Crippen LogP contribution in [0.1, 0.15) is 12.5 Å². The van der Waals surface area contributed by atoms with Gasteiger partial charge in [-0.05, 0) is 55.3 Å². The van der Waals surface area contributed by atoms with Gasteiger partial charge in [0, 0.05) is 6.54 Å². The number of ether oxygens (including phenoxy) is 1. The number of nitrogens with zero attached hydrogens (tertiary/aromatic N) is 1. The van der Waals surface area contributed by atoms with Gasteiger partial charge in [-0.15, -0.1) is 0 Å². The molecule has 0 aliphatic rings. The second-order valence-corrected chi connectivity index (χ2v) is 4.41. The molecule has 1 heterocycles. The van der Waals surface area contributed by atoms with Crippen molar-refractivity contribution in [3.63, 3.8) is 0 Å². The minimum atomic E-state index is -0.145. The maximum atomic E-state index is 12.0. The van der Waals surface area contributed by atoms with Gasteiger partial charge in [-0.25, -0.2) is 0 Å². The molecule has 0 saturated heterocycles. The van der Waals surface area contributed by atoms with Crippen LogP contribution in [0.4, 0.5) is 5.69 Å². The third-order valence-electron chi connectivity index (χ3n) is 3.21. The Morgan fingerprint density at radius 2 is 2.00 bits per heavy atom. The number of hydrogen-bond donors (Lipinski definition) is 1. The van der Waals surface area contributed by atoms with E-state index < -0.39 is 0 Å². The molecule has 4 nitrogen and oxygen atoms in total. The minimum absolute atomic E-state index is 0.145. The second-order valence-electron chi connectivity index (χ2n) is 4.41. The van der Waals surface area contributed by atoms with Crippen molar-refractivity contribution >= 4 is 5.69 Å². The van der Waals surface area contributed by atoms with E-state index in [1.165, 1.54) is 0 Å². The lowest BCUT2D eigenvalue weighted by molar-refractivity contribution is 0.412. The molecule has 0 aliphatic carbocycles. The van der Waals surface area contributed by atoms with Gasteiger partial charge in [-0.1, -0.05) is 0 Å². The van der Waals surface area contributed by atoms with E-state index in [2.05, 4.69) is 0 Å². The third kappa shape index (κ3) is 2.34. The van der Waals surface area contributed by atoms with Crippen molar-refractivity contribution in [2.45, 2.75) is 20.4 Å². The number of aromatic nitrogens is 1. The molecule has 0 spiro atoms. The Hall–Kier alpha value is -2.23. The highest BCUT2D eigenvalue weighted by Crippen LogP contribution is 2.25. The van der Waals surface area contributed by atoms with Crippen LogP contribution in [0.3, 0.4) is 0 Å². The highest BCUT2D eigenvalue weighted by molar-refractivity contribution is 5.64. The second kappa shape index (κ2) is 5.18. The molecule has 0 radical (unpaired) electrons. The smallest absolute Gasteiger partial charge is 0.274 e. The maximum absolute atomic E-state index is 12.0. The van der Waals surface area contributed by atoms with Crippen LogP contribution in [-0.2, 0) is 6.54 Å². The molecule has 19 heavy (non-hydrogen) atoms. The first-order valence-corrected chi connectivity index (χ1v) is 6.22. The summed E-state index contributed by atoms with van der Waals surface area (Å²) in [6, 6.07) is 9.40. The zero-order valence-electron chi connectivity index (χ0n) is 11.4. The molecule has 100 valence electrons. The lowest BCUT2D eigenvalue weighted by Crippen LogP contribution is -2.23. The Labute approximate surface area is 112 Å². The number of hydrogen-bond acceptors (Lipinski definition) is 3. The van der Waals surface area contributed by atoms with Crippen molar-refractivity contribution in [2.24, 2.45) is 0 Å². The van der Waals surface area contributed by atoms with Gasteiger partial charge in [-0.3, -0.25) is 4.79 Å². The zero-order valence-corrected chi connectivity index (χ0v) is 11.4. The normalized spacial score (nSPS) is 10.5. The summed E-state index contributed by atoms with van der Waals surface area (Å²) >= 11 is 0. The largest absolute Gasteiger partial charge is 0.496 e. The maximum Gasteiger partial charge on any atom is 0.274 e. The molecule has 1 aromatic carbocycles. The molecule has 0 amide bonds. The fourth-order valence-corrected chi connectivity index (χ4v) is 2.20. The molecule has 1 aromatic heterocycles. The fraction of sp³-hybridized carbons (Fsp3) is 0.267. The van der Waals surface area contributed by atoms with E-state index in [4.69, 9.17) is 10.5 Å². The average Bonchev–Trinajstić information content (AvgIpc) is 2.41. The van der Waals surface area contributed by atoms with E-state index in [9.17, 15) is 4.79 Å². The van der Waals surface area contributed by atoms with Gasteiger partial charge in [-0.2, -0.15) is 0 Å². The monoisotopic (exact) mass is 258 g/mol. The van der Waals surface area contributed by atoms with Crippen molar-refractivity contribution in [1.29, 1.82) is 0 Å². The number of rotatable bonds is 3. The Balaban J connectivity index is 2.62. The van der Waals surface area contributed by atoms with Crippen LogP contribution in [0.25, 0.3) is 11.3 Å². The van der Waals surface area contributed by atoms with Gasteiger partial charge >= 0.3 is 0 Å². The Kier molecular flexibility index (Phi) is 3.60. The van der Waals surface area contributed by atoms with Crippen LogP contribution in [0.15, 0.2) is 35.1 Å². The number of nitrogen functional groups attached to an aromatic ring is 1. The van der Waals surface area contributed by atoms with Crippen molar-refractivity contribution < 1.29 is 4.74 Å². The van der Waals surface area contributed by atoms with Gasteiger partial charge in [0.25, 0.3) is 5.56 Å². The van der Waals surface area contributed by atoms with Crippen LogP contribution in [0.2, 0.25) is 0 Å². The first-order chi connectivity index (χ1) is 9.08. The van der Waals surface area contributed by atoms with E-state index in [0.717, 1.165) is 22.6 Å². The average molecular weight is 258 g/mol. The molecule has 0 unspecified atom stereocenters. The van der Waals surface area contributed by atoms with Crippen LogP contribution in [0, 0.1) is 6.92 Å². The topological polar surface area (TPSA) is 57.2 Å². The predicted molar refractivity (Wildman–Crippen MR) is 77.5 cm³/mol. The van der Waals surface area contributed by atoms with E-state index in [0.29, 0.717) is 6.54 Å². The molecule has 0 aliphatic heterocycles. The van der Waals surface area contributed by atoms with Crippen molar-refractivity contribution in [1.82, 2.24) is 4.57 Å². The summed E-state index contributed by atoms with van der Waals surface area (Å²) in [5, 5.41) is 0. The van der Waals surface area contributed by atoms with Crippen molar-refractivity contribution in [2.75, 3.05) is 12.8 Å². The number of aryl methyl sites for hydroxylation is 1. The van der Waals surface area contributed by atoms with E-state index in [-0.39, 0.29) is 11.2 Å². The number of nitrogens with two attached hydrogens (primary N) is 1. The molecule has 0 bridgehead atoms. The molecule has 0 fully saturated rings. The summed E-state index contributed by atoms with van der Waals surface area (Å²) in [5.74, 6) is 0.838. The van der Waals surface area contributed by atoms with Gasteiger partial charge in [0.05, 0.1) is 18.5 Å². The van der Waals surface area contributed by atoms with Crippen LogP contribution < -0.4 is 16.0 Å². The lowest BCUT2D eigenvalue weighted by Gasteiger charge is -2.13. The summed E-state index contributed by atoms with van der Waals surface area (Å²) in [6.45, 7) is 4.50. The zero-order chi connectivity index (χ0) is 14.0. The van der Waals surface area contributed by atoms with E-state index in [1.807, 2.05) is 38.1 Å². The molecule has 2 rings (SSSR count). The van der Waals surface area contributed by atoms with Crippen LogP contribution in [-0.4, -0.2) is 11.7 Å². The minimum Gasteiger partial charge on any atom is -0.496 e. The molecular formula is C15H18N2O2. The summed E-state index contributed by atoms with van der Waals surface area (Å²) < 4.78 is 6.92. The molecule has 4 heteroatoms. The van der Waals surface area contributed by atoms with Crippen LogP contribution in [0.5, 0.6) is 5.75 Å². The first-order valence-electron chi connectivity index (χ1n) is 6.22. The molecule has 2 aromatic rings. The summed E-state index contributed by atoms with van der Waals surface area (Å²) in [5.41, 5.74) is 8.68. The molecular weight excluding hydrogens is 240 g/mol. The Morgan fingerprint density at radius 1 is 1.26 bits per heavy atom. The number of anilines is 1. The Morgan fingerprint density at radius 3 is 2.58 bits per heavy atom. The molecule has 0 atom stereocenters. The molecule has 2 N–H and O–H groups in total. The quantitative estimate of drug-likeness (QED) is 0.920. The SMILES string of the molecule is CCn1c(-c2ccc(OC)c(C)c2)ccc(N)c1=O. The molecule has 0 saturated carbocycles. The van der Waals surface area contributed by atoms with Gasteiger partial charge in [0.15, 0.2) is 0 Å². The fourth-order valence-electron chi connectivity index (χ4n) is 2.20. The lowest BCUT2D eigenvalue weighted by atomic mass is 10.1. The Bertz CT molecular complexity index is 660. The third-order valence-corrected chi connectivity index (χ3v) is 3.21. The summed E-state index contributed by atoms with van der Waals surface area (Å²) in [4.78, 5) is 12.0. The number of methoxy groups -OCH3 is 1.